The maximum atomic E-state index is 14.0. The summed E-state index contributed by atoms with van der Waals surface area (Å²) in [6, 6.07) is 9.84. The van der Waals surface area contributed by atoms with Gasteiger partial charge in [-0.15, -0.1) is 0 Å². The molecule has 2 aliphatic rings. The molecule has 2 saturated heterocycles. The highest BCUT2D eigenvalue weighted by Gasteiger charge is 2.65. The second kappa shape index (κ2) is 12.9. The van der Waals surface area contributed by atoms with Crippen molar-refractivity contribution in [3.8, 4) is 6.07 Å². The number of halogens is 13. The number of alkyl carbamates (subject to hydrolysis) is 1. The van der Waals surface area contributed by atoms with Crippen molar-refractivity contribution in [1.82, 2.24) is 5.32 Å². The molecule has 2 unspecified atom stereocenters. The average Bonchev–Trinajstić information content (AvgIpc) is 3.53. The Morgan fingerprint density at radius 1 is 0.729 bits per heavy atom. The molecule has 0 saturated carbocycles. The average molecular weight is 769 g/mol. The van der Waals surface area contributed by atoms with Crippen molar-refractivity contribution in [2.75, 3.05) is 18.0 Å². The zero-order valence-corrected chi connectivity index (χ0v) is 26.1. The summed E-state index contributed by atoms with van der Waals surface area (Å²) < 4.78 is 130. The summed E-state index contributed by atoms with van der Waals surface area (Å²) in [7, 11) is 0. The molecule has 5 rings (SSSR count). The van der Waals surface area contributed by atoms with E-state index in [9.17, 15) is 49.1 Å². The number of nitrogens with one attached hydrogen (secondary N) is 1. The van der Waals surface area contributed by atoms with Crippen LogP contribution in [-0.4, -0.2) is 37.6 Å². The van der Waals surface area contributed by atoms with Gasteiger partial charge in [-0.1, -0.05) is 46.4 Å². The van der Waals surface area contributed by atoms with Crippen LogP contribution in [0.2, 0.25) is 20.1 Å². The summed E-state index contributed by atoms with van der Waals surface area (Å²) in [4.78, 5) is 23.6. The molecular weight excluding hydrogens is 755 g/mol. The van der Waals surface area contributed by atoms with E-state index in [1.807, 2.05) is 5.32 Å². The van der Waals surface area contributed by atoms with E-state index in [0.717, 1.165) is 36.4 Å². The van der Waals surface area contributed by atoms with Gasteiger partial charge in [0.1, 0.15) is 0 Å². The highest BCUT2D eigenvalue weighted by molar-refractivity contribution is 6.35. The van der Waals surface area contributed by atoms with Gasteiger partial charge in [0.05, 0.1) is 30.3 Å². The molecule has 2 amide bonds. The quantitative estimate of drug-likeness (QED) is 0.268. The van der Waals surface area contributed by atoms with Gasteiger partial charge in [-0.2, -0.15) is 44.8 Å². The number of benzene rings is 3. The van der Waals surface area contributed by atoms with E-state index in [1.165, 1.54) is 18.2 Å². The van der Waals surface area contributed by atoms with Crippen molar-refractivity contribution in [2.45, 2.75) is 29.7 Å². The van der Waals surface area contributed by atoms with Crippen molar-refractivity contribution < 1.29 is 58.6 Å². The predicted molar refractivity (Wildman–Crippen MR) is 153 cm³/mol. The molecule has 0 radical (unpaired) electrons. The highest BCUT2D eigenvalue weighted by atomic mass is 35.5. The monoisotopic (exact) mass is 767 g/mol. The number of rotatable bonds is 3. The molecule has 3 aromatic rings. The number of amides is 2. The zero-order chi connectivity index (χ0) is 36.0. The number of hydrogen-bond acceptors (Lipinski definition) is 5. The number of carbonyl (C=O) groups excluding carboxylic acids is 2. The van der Waals surface area contributed by atoms with Crippen LogP contribution in [0.3, 0.4) is 0 Å². The van der Waals surface area contributed by atoms with Gasteiger partial charge in [0, 0.05) is 36.9 Å². The topological polar surface area (TPSA) is 91.7 Å². The maximum Gasteiger partial charge on any atom is 0.434 e. The van der Waals surface area contributed by atoms with Gasteiger partial charge < -0.3 is 14.8 Å². The number of anilines is 1. The molecule has 2 aliphatic heterocycles. The fourth-order valence-corrected chi connectivity index (χ4v) is 5.75. The molecule has 48 heavy (non-hydrogen) atoms. The third-order valence-corrected chi connectivity index (χ3v) is 7.80. The lowest BCUT2D eigenvalue weighted by molar-refractivity contribution is -0.250. The van der Waals surface area contributed by atoms with Crippen LogP contribution in [0.25, 0.3) is 0 Å². The van der Waals surface area contributed by atoms with Gasteiger partial charge in [-0.05, 0) is 54.6 Å². The van der Waals surface area contributed by atoms with Crippen molar-refractivity contribution in [1.29, 1.82) is 5.26 Å². The summed E-state index contributed by atoms with van der Waals surface area (Å²) in [6.45, 7) is -1.90. The van der Waals surface area contributed by atoms with Gasteiger partial charge in [0.25, 0.3) is 11.2 Å². The number of cyclic esters (lactones) is 2. The van der Waals surface area contributed by atoms with Crippen LogP contribution < -0.4 is 10.2 Å². The molecular formula is C28H14Cl4F9N3O4. The van der Waals surface area contributed by atoms with E-state index < -0.39 is 77.4 Å². The second-order valence-electron chi connectivity index (χ2n) is 10.0. The molecule has 0 bridgehead atoms. The van der Waals surface area contributed by atoms with Crippen LogP contribution in [0.5, 0.6) is 0 Å². The summed E-state index contributed by atoms with van der Waals surface area (Å²) in [5, 5.41) is 10.6. The van der Waals surface area contributed by atoms with E-state index in [-0.39, 0.29) is 25.7 Å². The first-order valence-electron chi connectivity index (χ1n) is 12.7. The Balaban J connectivity index is 0.000000246. The minimum atomic E-state index is -5.15. The highest BCUT2D eigenvalue weighted by Crippen LogP contribution is 2.49. The molecule has 1 N–H and O–H groups in total. The van der Waals surface area contributed by atoms with Crippen LogP contribution in [0, 0.1) is 11.3 Å². The van der Waals surface area contributed by atoms with Gasteiger partial charge in [-0.3, -0.25) is 4.90 Å². The lowest BCUT2D eigenvalue weighted by atomic mass is 9.92. The van der Waals surface area contributed by atoms with Crippen molar-refractivity contribution >= 4 is 64.3 Å². The lowest BCUT2D eigenvalue weighted by Gasteiger charge is -2.30. The van der Waals surface area contributed by atoms with Crippen molar-refractivity contribution in [2.24, 2.45) is 0 Å². The first-order valence-corrected chi connectivity index (χ1v) is 14.2. The van der Waals surface area contributed by atoms with Crippen LogP contribution >= 0.6 is 46.4 Å². The van der Waals surface area contributed by atoms with Gasteiger partial charge in [0.15, 0.2) is 0 Å². The molecule has 2 heterocycles. The van der Waals surface area contributed by atoms with E-state index >= 15 is 0 Å². The van der Waals surface area contributed by atoms with E-state index in [0.29, 0.717) is 11.0 Å². The second-order valence-corrected chi connectivity index (χ2v) is 11.7. The summed E-state index contributed by atoms with van der Waals surface area (Å²) in [5.74, 6) is 0. The molecule has 7 nitrogen and oxygen atoms in total. The number of nitrogens with zero attached hydrogens (tertiary/aromatic N) is 2. The first kappa shape index (κ1) is 37.0. The fourth-order valence-electron chi connectivity index (χ4n) is 4.70. The van der Waals surface area contributed by atoms with Gasteiger partial charge in [-0.25, -0.2) is 9.59 Å². The number of hydrogen-bond donors (Lipinski definition) is 1. The Hall–Kier alpha value is -3.78. The Morgan fingerprint density at radius 3 is 1.60 bits per heavy atom. The Labute approximate surface area is 283 Å². The lowest BCUT2D eigenvalue weighted by Crippen LogP contribution is -2.46. The third kappa shape index (κ3) is 7.14. The zero-order valence-electron chi connectivity index (χ0n) is 23.1. The smallest absolute Gasteiger partial charge is 0.426 e. The number of nitriles is 1. The van der Waals surface area contributed by atoms with Crippen molar-refractivity contribution in [3.05, 3.63) is 96.9 Å². The fraction of sp³-hybridized carbons (Fsp3) is 0.250. The van der Waals surface area contributed by atoms with E-state index in [1.54, 1.807) is 0 Å². The normalized spacial score (nSPS) is 21.1. The first-order chi connectivity index (χ1) is 22.0. The Bertz CT molecular complexity index is 1770. The standard InChI is InChI=1S/C18H8Cl2F6N2O2.C10H6Cl2F3NO2/c19-11-3-10(4-12(20)5-11)16(18(24,25)26)8-28(15(29)30-16)13-2-1-9(7-27)14(6-13)17(21,22)23;11-6-1-5(2-7(12)3-6)9(10(13,14)15)4-16-8(17)18-9/h1-6H,8H2;1-3H,4H2,(H,16,17). The van der Waals surface area contributed by atoms with E-state index in [2.05, 4.69) is 9.47 Å². The molecule has 0 aliphatic carbocycles. The molecule has 0 spiro atoms. The molecule has 256 valence electrons. The van der Waals surface area contributed by atoms with Gasteiger partial charge in [0.2, 0.25) is 0 Å². The summed E-state index contributed by atoms with van der Waals surface area (Å²) in [5.41, 5.74) is -9.54. The SMILES string of the molecule is N#Cc1ccc(N2CC(c3cc(Cl)cc(Cl)c3)(C(F)(F)F)OC2=O)cc1C(F)(F)F.O=C1NCC(c2cc(Cl)cc(Cl)c2)(C(F)(F)F)O1. The van der Waals surface area contributed by atoms with E-state index in [4.69, 9.17) is 51.7 Å². The summed E-state index contributed by atoms with van der Waals surface area (Å²) >= 11 is 22.9. The van der Waals surface area contributed by atoms with Gasteiger partial charge >= 0.3 is 30.7 Å². The molecule has 20 heteroatoms. The predicted octanol–water partition coefficient (Wildman–Crippen LogP) is 9.79. The number of alkyl halides is 9. The third-order valence-electron chi connectivity index (χ3n) is 6.93. The van der Waals surface area contributed by atoms with Crippen LogP contribution in [0.15, 0.2) is 54.6 Å². The summed E-state index contributed by atoms with van der Waals surface area (Å²) in [6.07, 6.45) is -17.6. The largest absolute Gasteiger partial charge is 0.434 e. The number of carbonyl (C=O) groups is 2. The molecule has 3 aromatic carbocycles. The molecule has 0 aromatic heterocycles. The van der Waals surface area contributed by atoms with Crippen LogP contribution in [0.4, 0.5) is 54.8 Å². The van der Waals surface area contributed by atoms with Crippen molar-refractivity contribution in [3.63, 3.8) is 0 Å². The molecule has 2 atom stereocenters. The van der Waals surface area contributed by atoms with Crippen LogP contribution in [-0.2, 0) is 26.9 Å². The Morgan fingerprint density at radius 2 is 1.21 bits per heavy atom. The Kier molecular flexibility index (Phi) is 9.97. The maximum absolute atomic E-state index is 14.0. The minimum absolute atomic E-state index is 0.0315. The minimum Gasteiger partial charge on any atom is -0.426 e. The van der Waals surface area contributed by atoms with Crippen LogP contribution in [0.1, 0.15) is 22.3 Å². The number of ether oxygens (including phenoxy) is 2. The molecule has 2 fully saturated rings.